The van der Waals surface area contributed by atoms with E-state index in [4.69, 9.17) is 9.72 Å². The molecule has 3 aromatic rings. The van der Waals surface area contributed by atoms with Crippen molar-refractivity contribution in [1.29, 1.82) is 0 Å². The Morgan fingerprint density at radius 2 is 1.90 bits per heavy atom. The number of ether oxygens (including phenoxy) is 1. The van der Waals surface area contributed by atoms with Crippen LogP contribution in [0.5, 0.6) is 5.88 Å². The molecule has 224 valence electrons. The highest BCUT2D eigenvalue weighted by molar-refractivity contribution is 7.90. The normalized spacial score (nSPS) is 22.7. The first-order valence-electron chi connectivity index (χ1n) is 15.0. The summed E-state index contributed by atoms with van der Waals surface area (Å²) in [6, 6.07) is 8.36. The summed E-state index contributed by atoms with van der Waals surface area (Å²) < 4.78 is 36.1. The van der Waals surface area contributed by atoms with E-state index >= 15 is 0 Å². The number of carbonyl (C=O) groups excluding carboxylic acids is 1. The number of hydrogen-bond acceptors (Lipinski definition) is 8. The second-order valence-electron chi connectivity index (χ2n) is 13.1. The number of sulfonamides is 1. The van der Waals surface area contributed by atoms with Crippen LogP contribution in [0, 0.1) is 11.3 Å². The quantitative estimate of drug-likeness (QED) is 0.436. The standard InChI is InChI=1S/C31H40N6O4S/c1-30(2)19-23-8-6-4-5-7-22-9-12-27(32-20-22)42(39,40)35-29(38)24-10-11-25(33-28(24)36(30)21-23)37-17-13-26(34-37)41-18-16-31(3)14-15-31/h9-13,17,20,23H,4-8,14-16,18-19,21H2,1-3H3,(H,35,38). The van der Waals surface area contributed by atoms with Crippen LogP contribution < -0.4 is 14.4 Å². The van der Waals surface area contributed by atoms with Crippen LogP contribution in [-0.4, -0.2) is 52.8 Å². The fourth-order valence-corrected chi connectivity index (χ4v) is 7.06. The molecule has 42 heavy (non-hydrogen) atoms. The lowest BCUT2D eigenvalue weighted by atomic mass is 9.92. The first kappa shape index (κ1) is 28.6. The molecule has 1 saturated heterocycles. The third kappa shape index (κ3) is 6.16. The molecule has 0 radical (unpaired) electrons. The zero-order valence-corrected chi connectivity index (χ0v) is 25.5. The molecular weight excluding hydrogens is 552 g/mol. The molecule has 1 unspecified atom stereocenters. The first-order valence-corrected chi connectivity index (χ1v) is 16.5. The molecule has 11 heteroatoms. The number of pyridine rings is 2. The van der Waals surface area contributed by atoms with Crippen LogP contribution in [-0.2, 0) is 16.4 Å². The van der Waals surface area contributed by atoms with Gasteiger partial charge in [-0.2, -0.15) is 8.42 Å². The van der Waals surface area contributed by atoms with Crippen LogP contribution in [0.4, 0.5) is 5.82 Å². The van der Waals surface area contributed by atoms with E-state index < -0.39 is 15.9 Å². The number of carbonyl (C=O) groups is 1. The number of rotatable bonds is 5. The van der Waals surface area contributed by atoms with Gasteiger partial charge in [0.15, 0.2) is 10.8 Å². The van der Waals surface area contributed by atoms with Crippen LogP contribution in [0.2, 0.25) is 0 Å². The van der Waals surface area contributed by atoms with Gasteiger partial charge in [0, 0.05) is 30.5 Å². The van der Waals surface area contributed by atoms with Gasteiger partial charge in [0.1, 0.15) is 5.82 Å². The Hall–Kier alpha value is -3.47. The van der Waals surface area contributed by atoms with Crippen molar-refractivity contribution in [2.45, 2.75) is 89.1 Å². The highest BCUT2D eigenvalue weighted by Crippen LogP contribution is 2.48. The summed E-state index contributed by atoms with van der Waals surface area (Å²) in [5.74, 6) is 1.19. The van der Waals surface area contributed by atoms with E-state index in [9.17, 15) is 13.2 Å². The average Bonchev–Trinajstić information content (AvgIpc) is 3.35. The van der Waals surface area contributed by atoms with Crippen LogP contribution in [0.1, 0.15) is 88.1 Å². The summed E-state index contributed by atoms with van der Waals surface area (Å²) in [5, 5.41) is 4.39. The lowest BCUT2D eigenvalue weighted by molar-refractivity contribution is 0.0981. The number of nitrogens with one attached hydrogen (secondary N) is 1. The van der Waals surface area contributed by atoms with E-state index in [0.717, 1.165) is 57.1 Å². The molecule has 1 amide bonds. The van der Waals surface area contributed by atoms with E-state index in [-0.39, 0.29) is 16.1 Å². The molecule has 3 aromatic heterocycles. The molecule has 4 bridgehead atoms. The molecule has 1 saturated carbocycles. The summed E-state index contributed by atoms with van der Waals surface area (Å²) in [6.45, 7) is 7.94. The summed E-state index contributed by atoms with van der Waals surface area (Å²) in [6.07, 6.45) is 13.0. The number of amides is 1. The molecule has 0 aromatic carbocycles. The molecule has 7 rings (SSSR count). The van der Waals surface area contributed by atoms with Crippen molar-refractivity contribution in [2.75, 3.05) is 18.1 Å². The highest BCUT2D eigenvalue weighted by atomic mass is 32.2. The average molecular weight is 593 g/mol. The Kier molecular flexibility index (Phi) is 7.49. The van der Waals surface area contributed by atoms with Gasteiger partial charge in [0.05, 0.1) is 12.2 Å². The predicted molar refractivity (Wildman–Crippen MR) is 159 cm³/mol. The van der Waals surface area contributed by atoms with Crippen molar-refractivity contribution >= 4 is 21.7 Å². The van der Waals surface area contributed by atoms with Crippen LogP contribution in [0.15, 0.2) is 47.8 Å². The lowest BCUT2D eigenvalue weighted by Crippen LogP contribution is -2.41. The largest absolute Gasteiger partial charge is 0.477 e. The Morgan fingerprint density at radius 1 is 1.07 bits per heavy atom. The first-order chi connectivity index (χ1) is 20.0. The second kappa shape index (κ2) is 11.0. The minimum absolute atomic E-state index is 0.184. The maximum Gasteiger partial charge on any atom is 0.281 e. The van der Waals surface area contributed by atoms with Gasteiger partial charge in [-0.25, -0.2) is 19.4 Å². The van der Waals surface area contributed by atoms with E-state index in [1.165, 1.54) is 18.9 Å². The topological polar surface area (TPSA) is 119 Å². The fraction of sp³-hybridized carbons (Fsp3) is 0.548. The van der Waals surface area contributed by atoms with Crippen molar-refractivity contribution < 1.29 is 17.9 Å². The van der Waals surface area contributed by atoms with Gasteiger partial charge < -0.3 is 9.64 Å². The molecule has 1 N–H and O–H groups in total. The van der Waals surface area contributed by atoms with Gasteiger partial charge in [-0.3, -0.25) is 4.79 Å². The van der Waals surface area contributed by atoms with Crippen molar-refractivity contribution in [1.82, 2.24) is 24.5 Å². The summed E-state index contributed by atoms with van der Waals surface area (Å²) >= 11 is 0. The Balaban J connectivity index is 1.33. The second-order valence-corrected chi connectivity index (χ2v) is 14.7. The zero-order valence-electron chi connectivity index (χ0n) is 24.7. The number of aryl methyl sites for hydroxylation is 1. The molecule has 6 heterocycles. The maximum absolute atomic E-state index is 13.6. The monoisotopic (exact) mass is 592 g/mol. The van der Waals surface area contributed by atoms with Gasteiger partial charge in [0.25, 0.3) is 15.9 Å². The lowest BCUT2D eigenvalue weighted by Gasteiger charge is -2.34. The molecule has 0 spiro atoms. The highest BCUT2D eigenvalue weighted by Gasteiger charge is 2.41. The number of anilines is 1. The Labute approximate surface area is 247 Å². The number of fused-ring (bicyclic) bond motifs is 8. The van der Waals surface area contributed by atoms with Gasteiger partial charge in [-0.1, -0.05) is 25.8 Å². The summed E-state index contributed by atoms with van der Waals surface area (Å²) in [7, 11) is -4.18. The molecule has 3 aliphatic heterocycles. The number of hydrogen-bond donors (Lipinski definition) is 1. The SMILES string of the molecule is CC1(CCOc2ccn(-c3ccc4c(n3)N3CC(CCCCCc5ccc(nc5)S(=O)(=O)NC4=O)CC3(C)C)n2)CC1. The smallest absolute Gasteiger partial charge is 0.281 e. The molecule has 4 aliphatic rings. The third-order valence-electron chi connectivity index (χ3n) is 9.06. The van der Waals surface area contributed by atoms with Crippen LogP contribution in [0.25, 0.3) is 5.82 Å². The van der Waals surface area contributed by atoms with Crippen molar-refractivity contribution in [2.24, 2.45) is 11.3 Å². The third-order valence-corrected chi connectivity index (χ3v) is 10.3. The van der Waals surface area contributed by atoms with E-state index in [1.807, 2.05) is 6.07 Å². The molecule has 2 fully saturated rings. The van der Waals surface area contributed by atoms with Crippen LogP contribution >= 0.6 is 0 Å². The zero-order chi connectivity index (χ0) is 29.5. The number of nitrogens with zero attached hydrogens (tertiary/aromatic N) is 5. The van der Waals surface area contributed by atoms with Gasteiger partial charge in [-0.05, 0) is 93.9 Å². The maximum atomic E-state index is 13.6. The molecular formula is C31H40N6O4S. The summed E-state index contributed by atoms with van der Waals surface area (Å²) in [4.78, 5) is 24.8. The van der Waals surface area contributed by atoms with Gasteiger partial charge >= 0.3 is 0 Å². The van der Waals surface area contributed by atoms with Crippen molar-refractivity contribution in [3.63, 3.8) is 0 Å². The van der Waals surface area contributed by atoms with E-state index in [0.29, 0.717) is 35.5 Å². The van der Waals surface area contributed by atoms with Gasteiger partial charge in [-0.15, -0.1) is 5.10 Å². The van der Waals surface area contributed by atoms with Gasteiger partial charge in [0.2, 0.25) is 5.88 Å². The Bertz CT molecular complexity index is 1560. The number of aromatic nitrogens is 4. The van der Waals surface area contributed by atoms with Crippen molar-refractivity contribution in [3.05, 3.63) is 53.9 Å². The molecule has 1 aliphatic carbocycles. The minimum Gasteiger partial charge on any atom is -0.477 e. The van der Waals surface area contributed by atoms with Crippen molar-refractivity contribution in [3.8, 4) is 11.7 Å². The van der Waals surface area contributed by atoms with E-state index in [1.54, 1.807) is 35.3 Å². The fourth-order valence-electron chi connectivity index (χ4n) is 6.17. The van der Waals surface area contributed by atoms with E-state index in [2.05, 4.69) is 40.5 Å². The Morgan fingerprint density at radius 3 is 2.67 bits per heavy atom. The minimum atomic E-state index is -4.18. The predicted octanol–water partition coefficient (Wildman–Crippen LogP) is 5.07. The molecule has 1 atom stereocenters. The van der Waals surface area contributed by atoms with Crippen LogP contribution in [0.3, 0.4) is 0 Å². The summed E-state index contributed by atoms with van der Waals surface area (Å²) in [5.41, 5.74) is 1.31. The molecule has 10 nitrogen and oxygen atoms in total.